The standard InChI is InChI=1S/C18H25Cl3N2O/c1-17(2,3)14-9-7-13(8-10-14)15(24)22-16(18(19,20)21)23-11-5-4-6-12-23/h7-10,16H,4-6,11-12H2,1-3H3,(H,22,24)/p+1/t16-/m0/s1. The third-order valence-electron chi connectivity index (χ3n) is 4.52. The molecule has 2 rings (SSSR count). The molecular weight excluding hydrogens is 367 g/mol. The average molecular weight is 393 g/mol. The van der Waals surface area contributed by atoms with Crippen molar-refractivity contribution < 1.29 is 9.69 Å². The molecule has 1 aliphatic heterocycles. The number of hydrogen-bond donors (Lipinski definition) is 2. The van der Waals surface area contributed by atoms with Crippen LogP contribution in [-0.4, -0.2) is 29.0 Å². The molecule has 1 amide bonds. The van der Waals surface area contributed by atoms with Crippen molar-refractivity contribution >= 4 is 40.7 Å². The second kappa shape index (κ2) is 7.82. The van der Waals surface area contributed by atoms with E-state index in [0.29, 0.717) is 5.56 Å². The third kappa shape index (κ3) is 5.26. The summed E-state index contributed by atoms with van der Waals surface area (Å²) >= 11 is 18.4. The molecule has 2 N–H and O–H groups in total. The van der Waals surface area contributed by atoms with Gasteiger partial charge in [-0.05, 0) is 42.4 Å². The van der Waals surface area contributed by atoms with Gasteiger partial charge in [-0.15, -0.1) is 0 Å². The summed E-state index contributed by atoms with van der Waals surface area (Å²) in [5.41, 5.74) is 1.81. The van der Waals surface area contributed by atoms with E-state index in [1.165, 1.54) is 12.0 Å². The van der Waals surface area contributed by atoms with E-state index < -0.39 is 9.96 Å². The summed E-state index contributed by atoms with van der Waals surface area (Å²) in [7, 11) is 0. The maximum atomic E-state index is 12.6. The van der Waals surface area contributed by atoms with Crippen molar-refractivity contribution in [2.45, 2.75) is 55.4 Å². The summed E-state index contributed by atoms with van der Waals surface area (Å²) in [4.78, 5) is 13.7. The van der Waals surface area contributed by atoms with Crippen LogP contribution in [0.2, 0.25) is 0 Å². The molecule has 0 aliphatic carbocycles. The van der Waals surface area contributed by atoms with Crippen LogP contribution in [0.5, 0.6) is 0 Å². The summed E-state index contributed by atoms with van der Waals surface area (Å²) < 4.78 is -1.53. The van der Waals surface area contributed by atoms with Gasteiger partial charge in [0.1, 0.15) is 0 Å². The van der Waals surface area contributed by atoms with Crippen LogP contribution >= 0.6 is 34.8 Å². The lowest BCUT2D eigenvalue weighted by Crippen LogP contribution is -3.20. The Bertz CT molecular complexity index is 555. The zero-order chi connectivity index (χ0) is 18.0. The fourth-order valence-corrected chi connectivity index (χ4v) is 3.67. The summed E-state index contributed by atoms with van der Waals surface area (Å²) in [6.07, 6.45) is 2.82. The van der Waals surface area contributed by atoms with Gasteiger partial charge in [0.2, 0.25) is 6.17 Å². The predicted octanol–water partition coefficient (Wildman–Crippen LogP) is 3.48. The van der Waals surface area contributed by atoms with Gasteiger partial charge in [-0.25, -0.2) is 0 Å². The highest BCUT2D eigenvalue weighted by atomic mass is 35.6. The summed E-state index contributed by atoms with van der Waals surface area (Å²) in [5.74, 6) is -0.204. The van der Waals surface area contributed by atoms with Crippen LogP contribution in [0.3, 0.4) is 0 Å². The first kappa shape index (κ1) is 19.8. The molecule has 0 bridgehead atoms. The highest BCUT2D eigenvalue weighted by Crippen LogP contribution is 2.28. The highest BCUT2D eigenvalue weighted by Gasteiger charge is 2.42. The summed E-state index contributed by atoms with van der Waals surface area (Å²) in [5, 5.41) is 2.93. The molecule has 1 saturated heterocycles. The predicted molar refractivity (Wildman–Crippen MR) is 101 cm³/mol. The number of piperidine rings is 1. The number of benzene rings is 1. The first-order chi connectivity index (χ1) is 11.1. The van der Waals surface area contributed by atoms with Gasteiger partial charge in [0.05, 0.1) is 13.1 Å². The van der Waals surface area contributed by atoms with Crippen LogP contribution in [0.4, 0.5) is 0 Å². The largest absolute Gasteiger partial charge is 0.312 e. The zero-order valence-electron chi connectivity index (χ0n) is 14.5. The number of likely N-dealkylation sites (tertiary alicyclic amines) is 1. The van der Waals surface area contributed by atoms with Gasteiger partial charge in [-0.2, -0.15) is 0 Å². The number of amides is 1. The molecule has 1 atom stereocenters. The molecule has 1 fully saturated rings. The Morgan fingerprint density at radius 2 is 1.58 bits per heavy atom. The zero-order valence-corrected chi connectivity index (χ0v) is 16.7. The van der Waals surface area contributed by atoms with Gasteiger partial charge in [0.15, 0.2) is 0 Å². The normalized spacial score (nSPS) is 18.2. The fraction of sp³-hybridized carbons (Fsp3) is 0.611. The van der Waals surface area contributed by atoms with E-state index in [-0.39, 0.29) is 11.3 Å². The van der Waals surface area contributed by atoms with Crippen molar-refractivity contribution in [3.8, 4) is 0 Å². The molecule has 0 unspecified atom stereocenters. The van der Waals surface area contributed by atoms with Crippen LogP contribution in [-0.2, 0) is 5.41 Å². The Balaban J connectivity index is 2.12. The minimum absolute atomic E-state index is 0.0487. The minimum atomic E-state index is -1.53. The Morgan fingerprint density at radius 1 is 1.04 bits per heavy atom. The first-order valence-electron chi connectivity index (χ1n) is 8.42. The Morgan fingerprint density at radius 3 is 2.04 bits per heavy atom. The van der Waals surface area contributed by atoms with Crippen LogP contribution < -0.4 is 10.2 Å². The molecule has 1 aromatic carbocycles. The molecule has 134 valence electrons. The Kier molecular flexibility index (Phi) is 6.46. The van der Waals surface area contributed by atoms with Crippen LogP contribution in [0.25, 0.3) is 0 Å². The first-order valence-corrected chi connectivity index (χ1v) is 9.55. The van der Waals surface area contributed by atoms with Crippen LogP contribution in [0, 0.1) is 0 Å². The van der Waals surface area contributed by atoms with Crippen molar-refractivity contribution in [1.29, 1.82) is 0 Å². The monoisotopic (exact) mass is 391 g/mol. The summed E-state index contributed by atoms with van der Waals surface area (Å²) in [6.45, 7) is 8.23. The van der Waals surface area contributed by atoms with Gasteiger partial charge >= 0.3 is 0 Å². The summed E-state index contributed by atoms with van der Waals surface area (Å²) in [6, 6.07) is 7.62. The molecule has 1 aromatic rings. The quantitative estimate of drug-likeness (QED) is 0.759. The number of hydrogen-bond acceptors (Lipinski definition) is 1. The number of carbonyl (C=O) groups excluding carboxylic acids is 1. The smallest absolute Gasteiger partial charge is 0.262 e. The van der Waals surface area contributed by atoms with Gasteiger partial charge in [-0.3, -0.25) is 10.1 Å². The lowest BCUT2D eigenvalue weighted by molar-refractivity contribution is -0.931. The number of quaternary nitrogens is 1. The maximum absolute atomic E-state index is 12.6. The van der Waals surface area contributed by atoms with Crippen molar-refractivity contribution in [1.82, 2.24) is 5.32 Å². The maximum Gasteiger partial charge on any atom is 0.262 e. The van der Waals surface area contributed by atoms with Gasteiger partial charge in [0.25, 0.3) is 9.70 Å². The van der Waals surface area contributed by atoms with E-state index in [9.17, 15) is 4.79 Å². The van der Waals surface area contributed by atoms with E-state index in [2.05, 4.69) is 26.1 Å². The van der Waals surface area contributed by atoms with Crippen molar-refractivity contribution in [2.75, 3.05) is 13.1 Å². The van der Waals surface area contributed by atoms with E-state index in [1.807, 2.05) is 24.3 Å². The lowest BCUT2D eigenvalue weighted by atomic mass is 9.87. The molecule has 0 spiro atoms. The van der Waals surface area contributed by atoms with Crippen molar-refractivity contribution in [2.24, 2.45) is 0 Å². The number of rotatable bonds is 3. The highest BCUT2D eigenvalue weighted by molar-refractivity contribution is 6.68. The molecule has 0 radical (unpaired) electrons. The van der Waals surface area contributed by atoms with E-state index in [1.54, 1.807) is 0 Å². The van der Waals surface area contributed by atoms with Crippen molar-refractivity contribution in [3.05, 3.63) is 35.4 Å². The van der Waals surface area contributed by atoms with Crippen molar-refractivity contribution in [3.63, 3.8) is 0 Å². The Hall–Kier alpha value is -0.480. The van der Waals surface area contributed by atoms with Gasteiger partial charge in [0, 0.05) is 5.56 Å². The topological polar surface area (TPSA) is 33.5 Å². The molecule has 0 aromatic heterocycles. The molecule has 6 heteroatoms. The van der Waals surface area contributed by atoms with E-state index >= 15 is 0 Å². The third-order valence-corrected chi connectivity index (χ3v) is 5.17. The second-order valence-electron chi connectivity index (χ2n) is 7.49. The molecular formula is C18H26Cl3N2O+. The lowest BCUT2D eigenvalue weighted by Gasteiger charge is -2.35. The van der Waals surface area contributed by atoms with E-state index in [4.69, 9.17) is 34.8 Å². The van der Waals surface area contributed by atoms with Crippen LogP contribution in [0.15, 0.2) is 24.3 Å². The Labute approximate surface area is 159 Å². The molecule has 3 nitrogen and oxygen atoms in total. The number of nitrogens with one attached hydrogen (secondary N) is 2. The minimum Gasteiger partial charge on any atom is -0.312 e. The molecule has 1 aliphatic rings. The SMILES string of the molecule is CC(C)(C)c1ccc(C(=O)N[C@@H]([NH+]2CCCCC2)C(Cl)(Cl)Cl)cc1. The van der Waals surface area contributed by atoms with Gasteiger partial charge in [-0.1, -0.05) is 67.7 Å². The fourth-order valence-electron chi connectivity index (χ4n) is 3.05. The number of halogens is 3. The second-order valence-corrected chi connectivity index (χ2v) is 9.86. The number of carbonyl (C=O) groups is 1. The number of alkyl halides is 3. The molecule has 1 heterocycles. The van der Waals surface area contributed by atoms with Crippen LogP contribution in [0.1, 0.15) is 56.0 Å². The molecule has 24 heavy (non-hydrogen) atoms. The molecule has 0 saturated carbocycles. The average Bonchev–Trinajstić information content (AvgIpc) is 2.51. The van der Waals surface area contributed by atoms with E-state index in [0.717, 1.165) is 30.8 Å². The van der Waals surface area contributed by atoms with Gasteiger partial charge < -0.3 is 4.90 Å².